The van der Waals surface area contributed by atoms with Crippen molar-refractivity contribution in [2.75, 3.05) is 32.1 Å². The second-order valence-electron chi connectivity index (χ2n) is 5.14. The molecule has 1 saturated heterocycles. The third-order valence-corrected chi connectivity index (χ3v) is 4.44. The predicted molar refractivity (Wildman–Crippen MR) is 79.0 cm³/mol. The number of aliphatic hydroxyl groups is 1. The van der Waals surface area contributed by atoms with Crippen LogP contribution in [0.5, 0.6) is 0 Å². The van der Waals surface area contributed by atoms with Crippen LogP contribution in [0.1, 0.15) is 18.4 Å². The van der Waals surface area contributed by atoms with Crippen molar-refractivity contribution in [2.45, 2.75) is 25.5 Å². The molecule has 1 unspecified atom stereocenters. The second kappa shape index (κ2) is 6.04. The molecule has 0 saturated carbocycles. The van der Waals surface area contributed by atoms with Gasteiger partial charge in [-0.1, -0.05) is 22.0 Å². The Hall–Kier alpha value is -0.580. The van der Waals surface area contributed by atoms with Crippen LogP contribution in [0.2, 0.25) is 0 Å². The number of piperidine rings is 1. The summed E-state index contributed by atoms with van der Waals surface area (Å²) < 4.78 is 0.995. The predicted octanol–water partition coefficient (Wildman–Crippen LogP) is 2.47. The Morgan fingerprint density at radius 2 is 2.22 bits per heavy atom. The molecule has 2 rings (SSSR count). The van der Waals surface area contributed by atoms with Crippen LogP contribution in [0.3, 0.4) is 0 Å². The molecule has 1 aromatic rings. The van der Waals surface area contributed by atoms with Gasteiger partial charge in [-0.15, -0.1) is 0 Å². The van der Waals surface area contributed by atoms with Gasteiger partial charge in [0.1, 0.15) is 0 Å². The Morgan fingerprint density at radius 1 is 1.44 bits per heavy atom. The van der Waals surface area contributed by atoms with Gasteiger partial charge in [0.25, 0.3) is 0 Å². The number of benzene rings is 1. The zero-order valence-electron chi connectivity index (χ0n) is 11.1. The molecule has 0 radical (unpaired) electrons. The molecule has 1 heterocycles. The van der Waals surface area contributed by atoms with E-state index in [0.29, 0.717) is 6.04 Å². The molecule has 1 aliphatic heterocycles. The van der Waals surface area contributed by atoms with Crippen LogP contribution in [-0.2, 0) is 6.61 Å². The first-order chi connectivity index (χ1) is 8.61. The van der Waals surface area contributed by atoms with E-state index < -0.39 is 0 Å². The average Bonchev–Trinajstić information content (AvgIpc) is 2.38. The molecule has 18 heavy (non-hydrogen) atoms. The van der Waals surface area contributed by atoms with Crippen molar-refractivity contribution < 1.29 is 5.11 Å². The SMILES string of the molecule is CN(C)C1CCCN(c2ccc(CO)c(Br)c2)C1. The van der Waals surface area contributed by atoms with E-state index in [1.807, 2.05) is 6.07 Å². The Balaban J connectivity index is 2.13. The molecule has 1 atom stereocenters. The number of hydrogen-bond donors (Lipinski definition) is 1. The van der Waals surface area contributed by atoms with Gasteiger partial charge >= 0.3 is 0 Å². The maximum absolute atomic E-state index is 9.18. The Morgan fingerprint density at radius 3 is 2.83 bits per heavy atom. The highest BCUT2D eigenvalue weighted by molar-refractivity contribution is 9.10. The van der Waals surface area contributed by atoms with Crippen LogP contribution in [0, 0.1) is 0 Å². The Labute approximate surface area is 118 Å². The monoisotopic (exact) mass is 312 g/mol. The van der Waals surface area contributed by atoms with Gasteiger partial charge < -0.3 is 14.9 Å². The van der Waals surface area contributed by atoms with E-state index in [1.54, 1.807) is 0 Å². The van der Waals surface area contributed by atoms with Gasteiger partial charge in [0.15, 0.2) is 0 Å². The number of halogens is 1. The topological polar surface area (TPSA) is 26.7 Å². The molecule has 1 N–H and O–H groups in total. The fourth-order valence-corrected chi connectivity index (χ4v) is 2.96. The number of rotatable bonds is 3. The molecule has 1 aliphatic rings. The van der Waals surface area contributed by atoms with E-state index in [2.05, 4.69) is 52.0 Å². The van der Waals surface area contributed by atoms with Crippen molar-refractivity contribution in [3.8, 4) is 0 Å². The smallest absolute Gasteiger partial charge is 0.0692 e. The summed E-state index contributed by atoms with van der Waals surface area (Å²) in [5.41, 5.74) is 2.19. The first kappa shape index (κ1) is 13.8. The van der Waals surface area contributed by atoms with Gasteiger partial charge in [-0.3, -0.25) is 0 Å². The van der Waals surface area contributed by atoms with Crippen molar-refractivity contribution in [1.29, 1.82) is 0 Å². The number of anilines is 1. The van der Waals surface area contributed by atoms with E-state index >= 15 is 0 Å². The summed E-state index contributed by atoms with van der Waals surface area (Å²) in [6.07, 6.45) is 2.52. The zero-order valence-corrected chi connectivity index (χ0v) is 12.7. The molecule has 0 aromatic heterocycles. The van der Waals surface area contributed by atoms with Crippen molar-refractivity contribution in [3.05, 3.63) is 28.2 Å². The first-order valence-electron chi connectivity index (χ1n) is 6.42. The van der Waals surface area contributed by atoms with Crippen LogP contribution in [0.4, 0.5) is 5.69 Å². The highest BCUT2D eigenvalue weighted by Gasteiger charge is 2.21. The fraction of sp³-hybridized carbons (Fsp3) is 0.571. The minimum atomic E-state index is 0.0845. The standard InChI is InChI=1S/C14H21BrN2O/c1-16(2)13-4-3-7-17(9-13)12-6-5-11(10-18)14(15)8-12/h5-6,8,13,18H,3-4,7,9-10H2,1-2H3. The molecule has 0 spiro atoms. The van der Waals surface area contributed by atoms with Gasteiger partial charge in [0.05, 0.1) is 6.61 Å². The van der Waals surface area contributed by atoms with Crippen LogP contribution in [-0.4, -0.2) is 43.2 Å². The van der Waals surface area contributed by atoms with E-state index in [0.717, 1.165) is 23.1 Å². The first-order valence-corrected chi connectivity index (χ1v) is 7.21. The number of hydrogen-bond acceptors (Lipinski definition) is 3. The largest absolute Gasteiger partial charge is 0.392 e. The number of aliphatic hydroxyl groups excluding tert-OH is 1. The molecule has 3 nitrogen and oxygen atoms in total. The summed E-state index contributed by atoms with van der Waals surface area (Å²) in [5.74, 6) is 0. The van der Waals surface area contributed by atoms with Crippen molar-refractivity contribution >= 4 is 21.6 Å². The lowest BCUT2D eigenvalue weighted by Gasteiger charge is -2.37. The minimum Gasteiger partial charge on any atom is -0.392 e. The third-order valence-electron chi connectivity index (χ3n) is 3.70. The van der Waals surface area contributed by atoms with E-state index in [4.69, 9.17) is 0 Å². The maximum Gasteiger partial charge on any atom is 0.0692 e. The van der Waals surface area contributed by atoms with Crippen LogP contribution >= 0.6 is 15.9 Å². The lowest BCUT2D eigenvalue weighted by Crippen LogP contribution is -2.45. The second-order valence-corrected chi connectivity index (χ2v) is 5.99. The van der Waals surface area contributed by atoms with Crippen molar-refractivity contribution in [1.82, 2.24) is 4.90 Å². The molecular formula is C14H21BrN2O. The lowest BCUT2D eigenvalue weighted by molar-refractivity contribution is 0.258. The van der Waals surface area contributed by atoms with E-state index in [1.165, 1.54) is 18.5 Å². The molecule has 0 bridgehead atoms. The zero-order chi connectivity index (χ0) is 13.1. The molecule has 1 aromatic carbocycles. The summed E-state index contributed by atoms with van der Waals surface area (Å²) in [7, 11) is 4.30. The third kappa shape index (κ3) is 3.05. The Kier molecular flexibility index (Phi) is 4.65. The summed E-state index contributed by atoms with van der Waals surface area (Å²) in [6, 6.07) is 6.85. The van der Waals surface area contributed by atoms with Gasteiger partial charge in [-0.25, -0.2) is 0 Å². The molecule has 100 valence electrons. The lowest BCUT2D eigenvalue weighted by atomic mass is 10.0. The molecule has 0 aliphatic carbocycles. The highest BCUT2D eigenvalue weighted by Crippen LogP contribution is 2.27. The fourth-order valence-electron chi connectivity index (χ4n) is 2.47. The van der Waals surface area contributed by atoms with Crippen LogP contribution in [0.25, 0.3) is 0 Å². The quantitative estimate of drug-likeness (QED) is 0.929. The molecule has 1 fully saturated rings. The normalized spacial score (nSPS) is 20.5. The van der Waals surface area contributed by atoms with Gasteiger partial charge in [0, 0.05) is 29.3 Å². The minimum absolute atomic E-state index is 0.0845. The maximum atomic E-state index is 9.18. The van der Waals surface area contributed by atoms with Crippen LogP contribution < -0.4 is 4.90 Å². The number of nitrogens with zero attached hydrogens (tertiary/aromatic N) is 2. The van der Waals surface area contributed by atoms with Gasteiger partial charge in [-0.2, -0.15) is 0 Å². The van der Waals surface area contributed by atoms with Crippen molar-refractivity contribution in [2.24, 2.45) is 0 Å². The summed E-state index contributed by atoms with van der Waals surface area (Å²) in [5, 5.41) is 9.18. The van der Waals surface area contributed by atoms with E-state index in [-0.39, 0.29) is 6.61 Å². The molecular weight excluding hydrogens is 292 g/mol. The van der Waals surface area contributed by atoms with Gasteiger partial charge in [0.2, 0.25) is 0 Å². The van der Waals surface area contributed by atoms with Crippen LogP contribution in [0.15, 0.2) is 22.7 Å². The summed E-state index contributed by atoms with van der Waals surface area (Å²) in [4.78, 5) is 4.74. The summed E-state index contributed by atoms with van der Waals surface area (Å²) >= 11 is 3.52. The summed E-state index contributed by atoms with van der Waals surface area (Å²) in [6.45, 7) is 2.29. The average molecular weight is 313 g/mol. The molecule has 4 heteroatoms. The molecule has 0 amide bonds. The number of likely N-dealkylation sites (N-methyl/N-ethyl adjacent to an activating group) is 1. The highest BCUT2D eigenvalue weighted by atomic mass is 79.9. The van der Waals surface area contributed by atoms with Gasteiger partial charge in [-0.05, 0) is 44.6 Å². The van der Waals surface area contributed by atoms with Crippen molar-refractivity contribution in [3.63, 3.8) is 0 Å². The van der Waals surface area contributed by atoms with E-state index in [9.17, 15) is 5.11 Å². The Bertz CT molecular complexity index is 409.